The maximum absolute atomic E-state index is 14.7. The van der Waals surface area contributed by atoms with Gasteiger partial charge in [-0.05, 0) is 96.4 Å². The second kappa shape index (κ2) is 9.02. The zero-order valence-corrected chi connectivity index (χ0v) is 21.4. The Morgan fingerprint density at radius 2 is 1.92 bits per heavy atom. The Balaban J connectivity index is 1.34. The molecule has 0 saturated heterocycles. The number of nitrogens with one attached hydrogen (secondary N) is 2. The average Bonchev–Trinajstić information content (AvgIpc) is 3.47. The van der Waals surface area contributed by atoms with Crippen LogP contribution in [0.2, 0.25) is 0 Å². The SMILES string of the molecule is CCNC1CCC1C1CCc2c1c(=O)n1nc(Br)nc1n2CC(=O)Nc1c(F)cc(C2CC2)cc1F. The fourth-order valence-electron chi connectivity index (χ4n) is 5.98. The molecule has 2 aromatic heterocycles. The number of rotatable bonds is 7. The van der Waals surface area contributed by atoms with Crippen molar-refractivity contribution >= 4 is 33.3 Å². The average molecular weight is 561 g/mol. The second-order valence-electron chi connectivity index (χ2n) is 10.1. The van der Waals surface area contributed by atoms with Crippen molar-refractivity contribution in [3.8, 4) is 0 Å². The summed E-state index contributed by atoms with van der Waals surface area (Å²) in [6.45, 7) is 2.70. The number of nitrogens with zero attached hydrogens (tertiary/aromatic N) is 4. The quantitative estimate of drug-likeness (QED) is 0.457. The zero-order valence-electron chi connectivity index (χ0n) is 19.9. The molecule has 190 valence electrons. The number of amides is 1. The van der Waals surface area contributed by atoms with E-state index in [0.717, 1.165) is 44.3 Å². The van der Waals surface area contributed by atoms with Crippen LogP contribution in [0.4, 0.5) is 14.5 Å². The van der Waals surface area contributed by atoms with Gasteiger partial charge in [-0.1, -0.05) is 6.92 Å². The van der Waals surface area contributed by atoms with Crippen LogP contribution in [-0.4, -0.2) is 37.7 Å². The molecular weight excluding hydrogens is 534 g/mol. The summed E-state index contributed by atoms with van der Waals surface area (Å²) in [7, 11) is 0. The lowest BCUT2D eigenvalue weighted by Gasteiger charge is -2.41. The Hall–Kier alpha value is -2.66. The molecule has 3 atom stereocenters. The van der Waals surface area contributed by atoms with Crippen molar-refractivity contribution in [1.29, 1.82) is 0 Å². The van der Waals surface area contributed by atoms with Gasteiger partial charge >= 0.3 is 0 Å². The first-order chi connectivity index (χ1) is 17.4. The number of hydrogen-bond donors (Lipinski definition) is 2. The molecule has 1 aromatic carbocycles. The molecule has 6 rings (SSSR count). The molecule has 0 bridgehead atoms. The molecule has 36 heavy (non-hydrogen) atoms. The second-order valence-corrected chi connectivity index (χ2v) is 10.8. The normalized spacial score (nSPS) is 23.1. The fraction of sp³-hybridized carbons (Fsp3) is 0.520. The van der Waals surface area contributed by atoms with Crippen molar-refractivity contribution in [3.05, 3.63) is 55.7 Å². The van der Waals surface area contributed by atoms with Gasteiger partial charge in [-0.15, -0.1) is 5.10 Å². The summed E-state index contributed by atoms with van der Waals surface area (Å²) in [6, 6.07) is 2.96. The van der Waals surface area contributed by atoms with Crippen LogP contribution >= 0.6 is 15.9 Å². The summed E-state index contributed by atoms with van der Waals surface area (Å²) in [6.07, 6.45) is 5.38. The molecule has 2 heterocycles. The highest BCUT2D eigenvalue weighted by molar-refractivity contribution is 9.10. The summed E-state index contributed by atoms with van der Waals surface area (Å²) >= 11 is 3.24. The number of carbonyl (C=O) groups excluding carboxylic acids is 1. The van der Waals surface area contributed by atoms with Gasteiger partial charge < -0.3 is 15.2 Å². The number of fused-ring (bicyclic) bond motifs is 2. The van der Waals surface area contributed by atoms with Crippen LogP contribution in [0.25, 0.3) is 5.78 Å². The highest BCUT2D eigenvalue weighted by Gasteiger charge is 2.43. The van der Waals surface area contributed by atoms with E-state index in [1.54, 1.807) is 4.57 Å². The monoisotopic (exact) mass is 560 g/mol. The maximum Gasteiger partial charge on any atom is 0.279 e. The van der Waals surface area contributed by atoms with Crippen molar-refractivity contribution in [2.45, 2.75) is 69.9 Å². The molecule has 8 nitrogen and oxygen atoms in total. The van der Waals surface area contributed by atoms with E-state index in [1.165, 1.54) is 16.6 Å². The van der Waals surface area contributed by atoms with Crippen molar-refractivity contribution in [1.82, 2.24) is 24.5 Å². The molecule has 3 aromatic rings. The van der Waals surface area contributed by atoms with Crippen LogP contribution in [0.15, 0.2) is 21.7 Å². The highest BCUT2D eigenvalue weighted by atomic mass is 79.9. The van der Waals surface area contributed by atoms with E-state index in [0.29, 0.717) is 29.5 Å². The van der Waals surface area contributed by atoms with Gasteiger partial charge in [-0.2, -0.15) is 9.50 Å². The van der Waals surface area contributed by atoms with Crippen molar-refractivity contribution in [2.75, 3.05) is 11.9 Å². The van der Waals surface area contributed by atoms with E-state index in [2.05, 4.69) is 43.6 Å². The lowest BCUT2D eigenvalue weighted by atomic mass is 9.70. The summed E-state index contributed by atoms with van der Waals surface area (Å²) in [4.78, 5) is 30.8. The predicted molar refractivity (Wildman–Crippen MR) is 133 cm³/mol. The van der Waals surface area contributed by atoms with Crippen molar-refractivity contribution in [3.63, 3.8) is 0 Å². The van der Waals surface area contributed by atoms with Crippen LogP contribution in [0.1, 0.15) is 67.7 Å². The van der Waals surface area contributed by atoms with E-state index in [1.807, 2.05) is 0 Å². The van der Waals surface area contributed by atoms with E-state index in [4.69, 9.17) is 0 Å². The number of carbonyl (C=O) groups is 1. The van der Waals surface area contributed by atoms with Crippen LogP contribution < -0.4 is 16.2 Å². The number of halogens is 3. The number of aromatic nitrogens is 4. The van der Waals surface area contributed by atoms with Gasteiger partial charge in [-0.3, -0.25) is 9.59 Å². The first-order valence-electron chi connectivity index (χ1n) is 12.6. The van der Waals surface area contributed by atoms with Crippen LogP contribution in [-0.2, 0) is 17.8 Å². The molecule has 0 aliphatic heterocycles. The van der Waals surface area contributed by atoms with Gasteiger partial charge in [0.2, 0.25) is 16.4 Å². The molecular formula is C25H27BrF2N6O2. The molecule has 0 radical (unpaired) electrons. The van der Waals surface area contributed by atoms with Gasteiger partial charge in [-0.25, -0.2) is 8.78 Å². The standard InChI is InChI=1S/C25H27BrF2N6O2/c1-2-29-18-7-5-14(18)15-6-8-19-21(15)23(36)34-25(31-24(26)32-34)33(19)11-20(35)30-22-16(27)9-13(10-17(22)28)12-3-4-12/h9-10,12,14-15,18,29H,2-8,11H2,1H3,(H,30,35). The fourth-order valence-corrected chi connectivity index (χ4v) is 6.29. The predicted octanol–water partition coefficient (Wildman–Crippen LogP) is 3.87. The van der Waals surface area contributed by atoms with Crippen LogP contribution in [0.5, 0.6) is 0 Å². The van der Waals surface area contributed by atoms with Crippen molar-refractivity contribution < 1.29 is 13.6 Å². The lowest BCUT2D eigenvalue weighted by molar-refractivity contribution is -0.116. The summed E-state index contributed by atoms with van der Waals surface area (Å²) in [5.74, 6) is -1.34. The molecule has 3 aliphatic carbocycles. The molecule has 2 fully saturated rings. The highest BCUT2D eigenvalue weighted by Crippen LogP contribution is 2.46. The number of benzene rings is 1. The van der Waals surface area contributed by atoms with Crippen LogP contribution in [0.3, 0.4) is 0 Å². The molecule has 2 N–H and O–H groups in total. The first kappa shape index (κ1) is 23.7. The number of anilines is 1. The third kappa shape index (κ3) is 3.96. The van der Waals surface area contributed by atoms with Crippen molar-refractivity contribution in [2.24, 2.45) is 5.92 Å². The molecule has 0 spiro atoms. The van der Waals surface area contributed by atoms with Gasteiger partial charge in [0, 0.05) is 17.3 Å². The van der Waals surface area contributed by atoms with Gasteiger partial charge in [0.05, 0.1) is 0 Å². The van der Waals surface area contributed by atoms with E-state index < -0.39 is 23.2 Å². The molecule has 1 amide bonds. The minimum atomic E-state index is -0.787. The minimum absolute atomic E-state index is 0.0665. The Labute approximate surface area is 214 Å². The Bertz CT molecular complexity index is 1410. The molecule has 3 aliphatic rings. The Kier molecular flexibility index (Phi) is 5.94. The van der Waals surface area contributed by atoms with Gasteiger partial charge in [0.1, 0.15) is 23.9 Å². The molecule has 11 heteroatoms. The van der Waals surface area contributed by atoms with E-state index in [9.17, 15) is 18.4 Å². The largest absolute Gasteiger partial charge is 0.320 e. The summed E-state index contributed by atoms with van der Waals surface area (Å²) in [5.41, 5.74) is 1.37. The van der Waals surface area contributed by atoms with E-state index >= 15 is 0 Å². The maximum atomic E-state index is 14.7. The minimum Gasteiger partial charge on any atom is -0.320 e. The topological polar surface area (TPSA) is 93.3 Å². The third-order valence-corrected chi connectivity index (χ3v) is 8.25. The van der Waals surface area contributed by atoms with Gasteiger partial charge in [0.15, 0.2) is 0 Å². The van der Waals surface area contributed by atoms with Crippen LogP contribution in [0, 0.1) is 17.6 Å². The first-order valence-corrected chi connectivity index (χ1v) is 13.3. The summed E-state index contributed by atoms with van der Waals surface area (Å²) in [5, 5.41) is 10.1. The Morgan fingerprint density at radius 3 is 2.56 bits per heavy atom. The summed E-state index contributed by atoms with van der Waals surface area (Å²) < 4.78 is 32.5. The smallest absolute Gasteiger partial charge is 0.279 e. The zero-order chi connectivity index (χ0) is 25.1. The molecule has 3 unspecified atom stereocenters. The molecule has 2 saturated carbocycles. The van der Waals surface area contributed by atoms with Gasteiger partial charge in [0.25, 0.3) is 5.56 Å². The lowest BCUT2D eigenvalue weighted by Crippen LogP contribution is -2.47. The Morgan fingerprint density at radius 1 is 1.17 bits per heavy atom. The number of hydrogen-bond acceptors (Lipinski definition) is 5. The van der Waals surface area contributed by atoms with E-state index in [-0.39, 0.29) is 34.5 Å². The third-order valence-electron chi connectivity index (χ3n) is 7.92.